The first-order valence-corrected chi connectivity index (χ1v) is 7.62. The van der Waals surface area contributed by atoms with Crippen LogP contribution in [0.15, 0.2) is 54.6 Å². The minimum absolute atomic E-state index is 0.219. The zero-order valence-corrected chi connectivity index (χ0v) is 12.9. The van der Waals surface area contributed by atoms with Gasteiger partial charge in [0.2, 0.25) is 0 Å². The number of rotatable bonds is 5. The molecule has 0 spiro atoms. The van der Waals surface area contributed by atoms with Crippen LogP contribution in [0.2, 0.25) is 0 Å². The van der Waals surface area contributed by atoms with E-state index in [0.717, 1.165) is 40.3 Å². The Balaban J connectivity index is 1.82. The van der Waals surface area contributed by atoms with Crippen LogP contribution in [0, 0.1) is 0 Å². The number of hydrogen-bond donors (Lipinski definition) is 0. The summed E-state index contributed by atoms with van der Waals surface area (Å²) in [5, 5.41) is 0.978. The van der Waals surface area contributed by atoms with Crippen LogP contribution in [-0.4, -0.2) is 31.4 Å². The molecule has 1 fully saturated rings. The largest absolute Gasteiger partial charge is 0.497 e. The van der Waals surface area contributed by atoms with Gasteiger partial charge in [-0.05, 0) is 12.1 Å². The normalized spacial score (nSPS) is 16.3. The number of ether oxygens (including phenoxy) is 3. The Kier molecular flexibility index (Phi) is 3.60. The summed E-state index contributed by atoms with van der Waals surface area (Å²) in [5.74, 6) is 1.61. The van der Waals surface area contributed by atoms with Crippen LogP contribution in [0.25, 0.3) is 22.2 Å². The van der Waals surface area contributed by atoms with Gasteiger partial charge in [-0.1, -0.05) is 30.3 Å². The Morgan fingerprint density at radius 2 is 1.96 bits per heavy atom. The molecule has 2 aromatic carbocycles. The fourth-order valence-corrected chi connectivity index (χ4v) is 2.53. The molecule has 1 aliphatic rings. The number of pyridine rings is 1. The SMILES string of the molecule is COc1ccc2c(OCC3CO3)cc(-c3ccccc3)nc2c1. The summed E-state index contributed by atoms with van der Waals surface area (Å²) in [6, 6.07) is 17.9. The van der Waals surface area contributed by atoms with Crippen LogP contribution in [0.5, 0.6) is 11.5 Å². The van der Waals surface area contributed by atoms with E-state index in [4.69, 9.17) is 19.2 Å². The number of epoxide rings is 1. The topological polar surface area (TPSA) is 43.9 Å². The third-order valence-corrected chi connectivity index (χ3v) is 3.88. The molecular formula is C19H17NO3. The van der Waals surface area contributed by atoms with Gasteiger partial charge >= 0.3 is 0 Å². The van der Waals surface area contributed by atoms with E-state index in [2.05, 4.69) is 0 Å². The smallest absolute Gasteiger partial charge is 0.131 e. The molecule has 0 amide bonds. The molecule has 1 aliphatic heterocycles. The van der Waals surface area contributed by atoms with Gasteiger partial charge in [-0.15, -0.1) is 0 Å². The number of nitrogens with zero attached hydrogens (tertiary/aromatic N) is 1. The van der Waals surface area contributed by atoms with Crippen molar-refractivity contribution in [2.75, 3.05) is 20.3 Å². The minimum Gasteiger partial charge on any atom is -0.497 e. The maximum Gasteiger partial charge on any atom is 0.131 e. The second-order valence-corrected chi connectivity index (χ2v) is 5.52. The lowest BCUT2D eigenvalue weighted by atomic mass is 10.1. The number of benzene rings is 2. The number of fused-ring (bicyclic) bond motifs is 1. The van der Waals surface area contributed by atoms with E-state index >= 15 is 0 Å². The average Bonchev–Trinajstić information content (AvgIpc) is 3.44. The molecular weight excluding hydrogens is 290 g/mol. The molecule has 2 heterocycles. The highest BCUT2D eigenvalue weighted by molar-refractivity contribution is 5.89. The Morgan fingerprint density at radius 3 is 2.70 bits per heavy atom. The monoisotopic (exact) mass is 307 g/mol. The van der Waals surface area contributed by atoms with Crippen LogP contribution < -0.4 is 9.47 Å². The van der Waals surface area contributed by atoms with Crippen molar-refractivity contribution in [2.45, 2.75) is 6.10 Å². The summed E-state index contributed by atoms with van der Waals surface area (Å²) in [4.78, 5) is 4.77. The van der Waals surface area contributed by atoms with Crippen molar-refractivity contribution in [1.29, 1.82) is 0 Å². The molecule has 23 heavy (non-hydrogen) atoms. The summed E-state index contributed by atoms with van der Waals surface area (Å²) in [6.45, 7) is 1.35. The molecule has 1 saturated heterocycles. The van der Waals surface area contributed by atoms with Gasteiger partial charge in [0.15, 0.2) is 0 Å². The molecule has 0 N–H and O–H groups in total. The van der Waals surface area contributed by atoms with Crippen LogP contribution in [0.1, 0.15) is 0 Å². The number of hydrogen-bond acceptors (Lipinski definition) is 4. The van der Waals surface area contributed by atoms with Gasteiger partial charge in [0.1, 0.15) is 24.2 Å². The predicted molar refractivity (Wildman–Crippen MR) is 89.0 cm³/mol. The molecule has 1 unspecified atom stereocenters. The zero-order chi connectivity index (χ0) is 15.6. The molecule has 0 bridgehead atoms. The van der Waals surface area contributed by atoms with Gasteiger partial charge in [-0.3, -0.25) is 0 Å². The summed E-state index contributed by atoms with van der Waals surface area (Å²) < 4.78 is 16.5. The fraction of sp³-hybridized carbons (Fsp3) is 0.211. The van der Waals surface area contributed by atoms with Gasteiger partial charge < -0.3 is 14.2 Å². The average molecular weight is 307 g/mol. The first kappa shape index (κ1) is 14.0. The molecule has 4 heteroatoms. The van der Waals surface area contributed by atoms with E-state index in [1.807, 2.05) is 54.6 Å². The molecule has 1 atom stereocenters. The molecule has 1 aromatic heterocycles. The number of methoxy groups -OCH3 is 1. The summed E-state index contributed by atoms with van der Waals surface area (Å²) in [6.07, 6.45) is 0.219. The van der Waals surface area contributed by atoms with Crippen LogP contribution >= 0.6 is 0 Å². The van der Waals surface area contributed by atoms with E-state index < -0.39 is 0 Å². The Hall–Kier alpha value is -2.59. The van der Waals surface area contributed by atoms with E-state index in [-0.39, 0.29) is 6.10 Å². The van der Waals surface area contributed by atoms with Crippen molar-refractivity contribution in [3.05, 3.63) is 54.6 Å². The lowest BCUT2D eigenvalue weighted by molar-refractivity contribution is 0.265. The Bertz CT molecular complexity index is 829. The van der Waals surface area contributed by atoms with Crippen molar-refractivity contribution in [2.24, 2.45) is 0 Å². The highest BCUT2D eigenvalue weighted by Crippen LogP contribution is 2.32. The summed E-state index contributed by atoms with van der Waals surface area (Å²) in [5.41, 5.74) is 2.81. The second kappa shape index (κ2) is 5.89. The second-order valence-electron chi connectivity index (χ2n) is 5.52. The molecule has 116 valence electrons. The highest BCUT2D eigenvalue weighted by atomic mass is 16.6. The highest BCUT2D eigenvalue weighted by Gasteiger charge is 2.23. The predicted octanol–water partition coefficient (Wildman–Crippen LogP) is 3.69. The molecule has 0 saturated carbocycles. The third-order valence-electron chi connectivity index (χ3n) is 3.88. The zero-order valence-electron chi connectivity index (χ0n) is 12.9. The quantitative estimate of drug-likeness (QED) is 0.674. The first-order valence-electron chi connectivity index (χ1n) is 7.62. The van der Waals surface area contributed by atoms with Crippen LogP contribution in [0.3, 0.4) is 0 Å². The molecule has 4 nitrogen and oxygen atoms in total. The Labute approximate surface area is 134 Å². The maximum atomic E-state index is 5.97. The first-order chi connectivity index (χ1) is 11.3. The molecule has 0 aliphatic carbocycles. The third kappa shape index (κ3) is 2.98. The lowest BCUT2D eigenvalue weighted by Gasteiger charge is -2.12. The van der Waals surface area contributed by atoms with Crippen molar-refractivity contribution in [3.63, 3.8) is 0 Å². The van der Waals surface area contributed by atoms with E-state index in [1.165, 1.54) is 0 Å². The van der Waals surface area contributed by atoms with Crippen molar-refractivity contribution >= 4 is 10.9 Å². The number of aromatic nitrogens is 1. The maximum absolute atomic E-state index is 5.97. The molecule has 0 radical (unpaired) electrons. The van der Waals surface area contributed by atoms with E-state index in [0.29, 0.717) is 6.61 Å². The standard InChI is InChI=1S/C19H17NO3/c1-21-14-7-8-16-18(9-14)20-17(13-5-3-2-4-6-13)10-19(16)23-12-15-11-22-15/h2-10,15H,11-12H2,1H3. The minimum atomic E-state index is 0.219. The molecule has 3 aromatic rings. The van der Waals surface area contributed by atoms with Gasteiger partial charge in [0.25, 0.3) is 0 Å². The van der Waals surface area contributed by atoms with E-state index in [1.54, 1.807) is 7.11 Å². The van der Waals surface area contributed by atoms with Crippen LogP contribution in [-0.2, 0) is 4.74 Å². The van der Waals surface area contributed by atoms with Gasteiger partial charge in [-0.2, -0.15) is 0 Å². The summed E-state index contributed by atoms with van der Waals surface area (Å²) >= 11 is 0. The lowest BCUT2D eigenvalue weighted by Crippen LogP contribution is -2.05. The van der Waals surface area contributed by atoms with Gasteiger partial charge in [-0.25, -0.2) is 4.98 Å². The molecule has 4 rings (SSSR count). The van der Waals surface area contributed by atoms with Crippen molar-refractivity contribution in [1.82, 2.24) is 4.98 Å². The van der Waals surface area contributed by atoms with E-state index in [9.17, 15) is 0 Å². The summed E-state index contributed by atoms with van der Waals surface area (Å²) in [7, 11) is 1.66. The van der Waals surface area contributed by atoms with Gasteiger partial charge in [0.05, 0.1) is 24.9 Å². The fourth-order valence-electron chi connectivity index (χ4n) is 2.53. The van der Waals surface area contributed by atoms with Crippen LogP contribution in [0.4, 0.5) is 0 Å². The van der Waals surface area contributed by atoms with Gasteiger partial charge in [0, 0.05) is 23.1 Å². The van der Waals surface area contributed by atoms with Crippen molar-refractivity contribution < 1.29 is 14.2 Å². The van der Waals surface area contributed by atoms with Crippen molar-refractivity contribution in [3.8, 4) is 22.8 Å². The Morgan fingerprint density at radius 1 is 1.13 bits per heavy atom.